The smallest absolute Gasteiger partial charge is 0.257 e. The van der Waals surface area contributed by atoms with Crippen molar-refractivity contribution in [1.82, 2.24) is 14.7 Å². The molecule has 1 aromatic carbocycles. The molecule has 2 aromatic rings. The standard InChI is InChI=1S/C18H24N4O/c1-3-17-16(18(23)21-11-9-20(2)10-12-21)13-19-22(17)14-15-7-5-4-6-8-15/h4-8,13H,3,9-12,14H2,1-2H3/p+1. The minimum atomic E-state index is 0.133. The van der Waals surface area contributed by atoms with Gasteiger partial charge >= 0.3 is 0 Å². The number of piperazine rings is 1. The summed E-state index contributed by atoms with van der Waals surface area (Å²) in [5.74, 6) is 0.133. The van der Waals surface area contributed by atoms with Crippen molar-refractivity contribution in [2.24, 2.45) is 0 Å². The zero-order valence-electron chi connectivity index (χ0n) is 14.0. The summed E-state index contributed by atoms with van der Waals surface area (Å²) in [4.78, 5) is 16.3. The lowest BCUT2D eigenvalue weighted by molar-refractivity contribution is -0.883. The van der Waals surface area contributed by atoms with Gasteiger partial charge in [0.2, 0.25) is 0 Å². The molecule has 3 rings (SSSR count). The van der Waals surface area contributed by atoms with Crippen molar-refractivity contribution in [3.63, 3.8) is 0 Å². The van der Waals surface area contributed by atoms with Crippen molar-refractivity contribution in [2.75, 3.05) is 33.2 Å². The Morgan fingerprint density at radius 1 is 1.22 bits per heavy atom. The molecular formula is C18H25N4O+. The van der Waals surface area contributed by atoms with Gasteiger partial charge in [0.15, 0.2) is 0 Å². The second-order valence-electron chi connectivity index (χ2n) is 6.25. The Kier molecular flexibility index (Phi) is 4.76. The van der Waals surface area contributed by atoms with Crippen molar-refractivity contribution >= 4 is 5.91 Å². The summed E-state index contributed by atoms with van der Waals surface area (Å²) in [6.45, 7) is 6.50. The third-order valence-electron chi connectivity index (χ3n) is 4.59. The first-order chi connectivity index (χ1) is 11.2. The summed E-state index contributed by atoms with van der Waals surface area (Å²) in [6.07, 6.45) is 2.56. The number of benzene rings is 1. The molecule has 1 fully saturated rings. The predicted octanol–water partition coefficient (Wildman–Crippen LogP) is 0.464. The van der Waals surface area contributed by atoms with Crippen LogP contribution in [0.1, 0.15) is 28.5 Å². The second kappa shape index (κ2) is 6.96. The molecule has 122 valence electrons. The van der Waals surface area contributed by atoms with Crippen LogP contribution >= 0.6 is 0 Å². The summed E-state index contributed by atoms with van der Waals surface area (Å²) < 4.78 is 1.96. The van der Waals surface area contributed by atoms with Crippen LogP contribution in [-0.4, -0.2) is 53.8 Å². The maximum absolute atomic E-state index is 12.8. The highest BCUT2D eigenvalue weighted by Gasteiger charge is 2.25. The number of nitrogens with zero attached hydrogens (tertiary/aromatic N) is 3. The van der Waals surface area contributed by atoms with E-state index in [0.717, 1.165) is 43.9 Å². The number of hydrogen-bond donors (Lipinski definition) is 1. The van der Waals surface area contributed by atoms with Crippen LogP contribution in [0.5, 0.6) is 0 Å². The first kappa shape index (κ1) is 15.7. The first-order valence-corrected chi connectivity index (χ1v) is 8.38. The summed E-state index contributed by atoms with van der Waals surface area (Å²) in [5.41, 5.74) is 3.00. The molecule has 0 radical (unpaired) electrons. The Balaban J connectivity index is 1.79. The van der Waals surface area contributed by atoms with Crippen molar-refractivity contribution in [1.29, 1.82) is 0 Å². The molecule has 1 amide bonds. The van der Waals surface area contributed by atoms with Gasteiger partial charge < -0.3 is 9.80 Å². The second-order valence-corrected chi connectivity index (χ2v) is 6.25. The van der Waals surface area contributed by atoms with E-state index in [4.69, 9.17) is 0 Å². The Morgan fingerprint density at radius 2 is 1.91 bits per heavy atom. The van der Waals surface area contributed by atoms with Crippen molar-refractivity contribution in [3.05, 3.63) is 53.3 Å². The number of quaternary nitrogens is 1. The van der Waals surface area contributed by atoms with Crippen LogP contribution in [0.3, 0.4) is 0 Å². The highest BCUT2D eigenvalue weighted by atomic mass is 16.2. The molecule has 5 heteroatoms. The fourth-order valence-corrected chi connectivity index (χ4v) is 3.12. The van der Waals surface area contributed by atoms with Crippen molar-refractivity contribution < 1.29 is 9.69 Å². The minimum Gasteiger partial charge on any atom is -0.334 e. The highest BCUT2D eigenvalue weighted by Crippen LogP contribution is 2.15. The Morgan fingerprint density at radius 3 is 2.57 bits per heavy atom. The van der Waals surface area contributed by atoms with E-state index in [0.29, 0.717) is 6.54 Å². The van der Waals surface area contributed by atoms with E-state index in [1.165, 1.54) is 10.5 Å². The van der Waals surface area contributed by atoms with Gasteiger partial charge in [0, 0.05) is 0 Å². The Bertz CT molecular complexity index is 657. The molecule has 1 aliphatic heterocycles. The number of carbonyl (C=O) groups excluding carboxylic acids is 1. The maximum atomic E-state index is 12.8. The summed E-state index contributed by atoms with van der Waals surface area (Å²) in [7, 11) is 2.18. The average molecular weight is 313 g/mol. The number of rotatable bonds is 4. The van der Waals surface area contributed by atoms with E-state index in [2.05, 4.69) is 31.2 Å². The van der Waals surface area contributed by atoms with Gasteiger partial charge in [-0.05, 0) is 12.0 Å². The van der Waals surface area contributed by atoms with Crippen LogP contribution in [0.15, 0.2) is 36.5 Å². The topological polar surface area (TPSA) is 42.6 Å². The molecule has 5 nitrogen and oxygen atoms in total. The maximum Gasteiger partial charge on any atom is 0.257 e. The van der Waals surface area contributed by atoms with E-state index < -0.39 is 0 Å². The van der Waals surface area contributed by atoms with Gasteiger partial charge in [0.25, 0.3) is 5.91 Å². The Hall–Kier alpha value is -2.14. The number of hydrogen-bond acceptors (Lipinski definition) is 2. The van der Waals surface area contributed by atoms with Gasteiger partial charge in [0.05, 0.1) is 57.2 Å². The molecule has 0 unspecified atom stereocenters. The third-order valence-corrected chi connectivity index (χ3v) is 4.59. The van der Waals surface area contributed by atoms with Gasteiger partial charge in [-0.2, -0.15) is 5.10 Å². The van der Waals surface area contributed by atoms with Crippen LogP contribution in [-0.2, 0) is 13.0 Å². The summed E-state index contributed by atoms with van der Waals surface area (Å²) in [5, 5.41) is 4.48. The van der Waals surface area contributed by atoms with E-state index in [1.54, 1.807) is 6.20 Å². The van der Waals surface area contributed by atoms with Crippen LogP contribution in [0, 0.1) is 0 Å². The lowest BCUT2D eigenvalue weighted by Crippen LogP contribution is -3.12. The van der Waals surface area contributed by atoms with Gasteiger partial charge in [-0.1, -0.05) is 37.3 Å². The number of carbonyl (C=O) groups is 1. The van der Waals surface area contributed by atoms with Gasteiger partial charge in [-0.25, -0.2) is 0 Å². The van der Waals surface area contributed by atoms with E-state index in [-0.39, 0.29) is 5.91 Å². The largest absolute Gasteiger partial charge is 0.334 e. The fourth-order valence-electron chi connectivity index (χ4n) is 3.12. The van der Waals surface area contributed by atoms with E-state index in [1.807, 2.05) is 27.8 Å². The van der Waals surface area contributed by atoms with E-state index in [9.17, 15) is 4.79 Å². The molecule has 1 aliphatic rings. The molecule has 1 N–H and O–H groups in total. The molecule has 0 spiro atoms. The van der Waals surface area contributed by atoms with Crippen molar-refractivity contribution in [3.8, 4) is 0 Å². The van der Waals surface area contributed by atoms with Crippen LogP contribution in [0.4, 0.5) is 0 Å². The number of aromatic nitrogens is 2. The van der Waals surface area contributed by atoms with Gasteiger partial charge in [-0.3, -0.25) is 9.48 Å². The summed E-state index contributed by atoms with van der Waals surface area (Å²) in [6, 6.07) is 10.3. The molecule has 1 saturated heterocycles. The first-order valence-electron chi connectivity index (χ1n) is 8.38. The number of nitrogens with one attached hydrogen (secondary N) is 1. The molecule has 0 aliphatic carbocycles. The molecule has 23 heavy (non-hydrogen) atoms. The molecule has 1 aromatic heterocycles. The third kappa shape index (κ3) is 3.45. The normalized spacial score (nSPS) is 15.8. The quantitative estimate of drug-likeness (QED) is 0.891. The monoisotopic (exact) mass is 313 g/mol. The molecule has 2 heterocycles. The van der Waals surface area contributed by atoms with Gasteiger partial charge in [-0.15, -0.1) is 0 Å². The van der Waals surface area contributed by atoms with Gasteiger partial charge in [0.1, 0.15) is 0 Å². The molecule has 0 saturated carbocycles. The zero-order valence-corrected chi connectivity index (χ0v) is 14.0. The SMILES string of the molecule is CCc1c(C(=O)N2CC[NH+](C)CC2)cnn1Cc1ccccc1. The molecule has 0 bridgehead atoms. The Labute approximate surface area is 137 Å². The minimum absolute atomic E-state index is 0.133. The predicted molar refractivity (Wildman–Crippen MR) is 89.7 cm³/mol. The van der Waals surface area contributed by atoms with Crippen LogP contribution in [0.25, 0.3) is 0 Å². The highest BCUT2D eigenvalue weighted by molar-refractivity contribution is 5.95. The van der Waals surface area contributed by atoms with E-state index >= 15 is 0 Å². The zero-order chi connectivity index (χ0) is 16.2. The number of likely N-dealkylation sites (N-methyl/N-ethyl adjacent to an activating group) is 1. The number of amides is 1. The lowest BCUT2D eigenvalue weighted by atomic mass is 10.1. The summed E-state index contributed by atoms with van der Waals surface area (Å²) >= 11 is 0. The van der Waals surface area contributed by atoms with Crippen LogP contribution < -0.4 is 4.90 Å². The lowest BCUT2D eigenvalue weighted by Gasteiger charge is -2.30. The van der Waals surface area contributed by atoms with Crippen LogP contribution in [0.2, 0.25) is 0 Å². The fraction of sp³-hybridized carbons (Fsp3) is 0.444. The molecule has 0 atom stereocenters. The average Bonchev–Trinajstić information content (AvgIpc) is 2.98. The van der Waals surface area contributed by atoms with Crippen molar-refractivity contribution in [2.45, 2.75) is 19.9 Å². The molecular weight excluding hydrogens is 288 g/mol.